The number of para-hydroxylation sites is 1. The van der Waals surface area contributed by atoms with Crippen molar-refractivity contribution >= 4 is 33.9 Å². The number of carboxylic acid groups (broad SMARTS) is 1. The number of aliphatic carboxylic acids is 1. The van der Waals surface area contributed by atoms with Gasteiger partial charge in [0.1, 0.15) is 11.7 Å². The minimum atomic E-state index is -1.20. The SMILES string of the molecule is O.O=C(O)C(Cc1c[nH]c2ccccc12)Nc1ccc([N+](=O)[O-])cc1[N+](=O)[O-]. The van der Waals surface area contributed by atoms with Gasteiger partial charge in [-0.15, -0.1) is 0 Å². The van der Waals surface area contributed by atoms with Crippen LogP contribution in [0.15, 0.2) is 48.7 Å². The second-order valence-corrected chi connectivity index (χ2v) is 5.81. The van der Waals surface area contributed by atoms with Gasteiger partial charge in [-0.25, -0.2) is 4.79 Å². The maximum atomic E-state index is 11.7. The van der Waals surface area contributed by atoms with Gasteiger partial charge in [-0.05, 0) is 17.7 Å². The molecule has 3 rings (SSSR count). The standard InChI is InChI=1S/C17H14N4O6.H2O/c22-17(23)15(7-10-9-18-13-4-2-1-3-12(10)13)19-14-6-5-11(20(24)25)8-16(14)21(26)27;/h1-6,8-9,15,18-19H,7H2,(H,22,23);1H2. The fourth-order valence-electron chi connectivity index (χ4n) is 2.81. The number of fused-ring (bicyclic) bond motifs is 1. The molecule has 1 atom stereocenters. The first kappa shape index (κ1) is 20.3. The number of hydrogen-bond donors (Lipinski definition) is 3. The monoisotopic (exact) mass is 388 g/mol. The maximum Gasteiger partial charge on any atom is 0.326 e. The first-order valence-corrected chi connectivity index (χ1v) is 7.84. The van der Waals surface area contributed by atoms with E-state index in [4.69, 9.17) is 0 Å². The summed E-state index contributed by atoms with van der Waals surface area (Å²) in [4.78, 5) is 35.2. The number of nitrogens with zero attached hydrogens (tertiary/aromatic N) is 2. The lowest BCUT2D eigenvalue weighted by molar-refractivity contribution is -0.393. The van der Waals surface area contributed by atoms with Gasteiger partial charge in [0, 0.05) is 29.6 Å². The molecule has 0 aliphatic rings. The normalized spacial score (nSPS) is 11.4. The van der Waals surface area contributed by atoms with E-state index in [0.29, 0.717) is 0 Å². The number of anilines is 1. The summed E-state index contributed by atoms with van der Waals surface area (Å²) in [6.45, 7) is 0. The van der Waals surface area contributed by atoms with Gasteiger partial charge in [0.05, 0.1) is 15.9 Å². The molecule has 11 nitrogen and oxygen atoms in total. The van der Waals surface area contributed by atoms with Crippen LogP contribution >= 0.6 is 0 Å². The van der Waals surface area contributed by atoms with Crippen LogP contribution in [0.25, 0.3) is 10.9 Å². The highest BCUT2D eigenvalue weighted by Crippen LogP contribution is 2.30. The van der Waals surface area contributed by atoms with Gasteiger partial charge in [-0.1, -0.05) is 18.2 Å². The van der Waals surface area contributed by atoms with E-state index in [1.165, 1.54) is 0 Å². The second-order valence-electron chi connectivity index (χ2n) is 5.81. The van der Waals surface area contributed by atoms with Crippen molar-refractivity contribution in [2.24, 2.45) is 0 Å². The fraction of sp³-hybridized carbons (Fsp3) is 0.118. The predicted octanol–water partition coefficient (Wildman–Crippen LogP) is 2.27. The Balaban J connectivity index is 0.00000280. The summed E-state index contributed by atoms with van der Waals surface area (Å²) in [5.74, 6) is -1.20. The molecule has 0 spiro atoms. The number of aromatic amines is 1. The third-order valence-corrected chi connectivity index (χ3v) is 4.12. The fourth-order valence-corrected chi connectivity index (χ4v) is 2.81. The van der Waals surface area contributed by atoms with Crippen LogP contribution in [0.1, 0.15) is 5.56 Å². The molecule has 5 N–H and O–H groups in total. The first-order chi connectivity index (χ1) is 12.9. The predicted molar refractivity (Wildman–Crippen MR) is 100 cm³/mol. The van der Waals surface area contributed by atoms with Crippen LogP contribution in [0.2, 0.25) is 0 Å². The molecule has 1 aromatic heterocycles. The summed E-state index contributed by atoms with van der Waals surface area (Å²) in [5.41, 5.74) is 0.469. The first-order valence-electron chi connectivity index (χ1n) is 7.84. The van der Waals surface area contributed by atoms with Gasteiger partial charge < -0.3 is 20.9 Å². The van der Waals surface area contributed by atoms with Crippen molar-refractivity contribution in [2.45, 2.75) is 12.5 Å². The summed E-state index contributed by atoms with van der Waals surface area (Å²) in [7, 11) is 0. The van der Waals surface area contributed by atoms with Crippen LogP contribution < -0.4 is 5.32 Å². The van der Waals surface area contributed by atoms with Crippen LogP contribution in [0.4, 0.5) is 17.1 Å². The summed E-state index contributed by atoms with van der Waals surface area (Å²) in [6, 6.07) is 9.22. The quantitative estimate of drug-likeness (QED) is 0.409. The second kappa shape index (κ2) is 8.14. The Morgan fingerprint density at radius 1 is 1.14 bits per heavy atom. The number of nitro benzene ring substituents is 2. The maximum absolute atomic E-state index is 11.7. The third kappa shape index (κ3) is 4.04. The Bertz CT molecular complexity index is 1050. The number of non-ortho nitro benzene ring substituents is 1. The van der Waals surface area contributed by atoms with Crippen molar-refractivity contribution in [3.63, 3.8) is 0 Å². The molecule has 3 aromatic rings. The number of hydrogen-bond acceptors (Lipinski definition) is 6. The Hall–Kier alpha value is -3.99. The molecule has 0 saturated carbocycles. The molecule has 0 fully saturated rings. The molecule has 2 aromatic carbocycles. The van der Waals surface area contributed by atoms with E-state index in [1.807, 2.05) is 24.3 Å². The molecule has 11 heteroatoms. The van der Waals surface area contributed by atoms with E-state index in [2.05, 4.69) is 10.3 Å². The van der Waals surface area contributed by atoms with Crippen molar-refractivity contribution < 1.29 is 25.2 Å². The Labute approximate surface area is 157 Å². The zero-order chi connectivity index (χ0) is 19.6. The van der Waals surface area contributed by atoms with Crippen LogP contribution in [0.3, 0.4) is 0 Å². The largest absolute Gasteiger partial charge is 0.480 e. The average molecular weight is 388 g/mol. The number of H-pyrrole nitrogens is 1. The zero-order valence-electron chi connectivity index (χ0n) is 14.3. The zero-order valence-corrected chi connectivity index (χ0v) is 14.3. The Morgan fingerprint density at radius 2 is 1.86 bits per heavy atom. The minimum Gasteiger partial charge on any atom is -0.480 e. The molecule has 0 radical (unpaired) electrons. The van der Waals surface area contributed by atoms with Crippen molar-refractivity contribution in [1.29, 1.82) is 0 Å². The van der Waals surface area contributed by atoms with Gasteiger partial charge in [-0.3, -0.25) is 20.2 Å². The summed E-state index contributed by atoms with van der Waals surface area (Å²) < 4.78 is 0. The molecule has 146 valence electrons. The van der Waals surface area contributed by atoms with Crippen LogP contribution in [0, 0.1) is 20.2 Å². The highest BCUT2D eigenvalue weighted by molar-refractivity contribution is 5.85. The molecule has 0 saturated heterocycles. The lowest BCUT2D eigenvalue weighted by Crippen LogP contribution is -2.31. The number of aromatic nitrogens is 1. The number of rotatable bonds is 7. The lowest BCUT2D eigenvalue weighted by atomic mass is 10.0. The number of benzene rings is 2. The molecular weight excluding hydrogens is 372 g/mol. The van der Waals surface area contributed by atoms with Crippen molar-refractivity contribution in [3.05, 3.63) is 74.5 Å². The van der Waals surface area contributed by atoms with Gasteiger partial charge in [0.15, 0.2) is 0 Å². The van der Waals surface area contributed by atoms with E-state index in [1.54, 1.807) is 6.20 Å². The van der Waals surface area contributed by atoms with Gasteiger partial charge in [0.25, 0.3) is 11.4 Å². The summed E-state index contributed by atoms with van der Waals surface area (Å²) in [5, 5.41) is 35.0. The molecule has 0 bridgehead atoms. The van der Waals surface area contributed by atoms with Crippen LogP contribution in [-0.2, 0) is 11.2 Å². The number of nitro groups is 2. The molecule has 1 heterocycles. The van der Waals surface area contributed by atoms with Crippen molar-refractivity contribution in [1.82, 2.24) is 4.98 Å². The number of carboxylic acids is 1. The smallest absolute Gasteiger partial charge is 0.326 e. The molecule has 0 aliphatic heterocycles. The number of carbonyl (C=O) groups is 1. The van der Waals surface area contributed by atoms with Gasteiger partial charge in [0.2, 0.25) is 0 Å². The average Bonchev–Trinajstić information content (AvgIpc) is 3.04. The van der Waals surface area contributed by atoms with Crippen molar-refractivity contribution in [2.75, 3.05) is 5.32 Å². The Kier molecular flexibility index (Phi) is 5.91. The molecule has 0 amide bonds. The molecular formula is C17H16N4O7. The lowest BCUT2D eigenvalue weighted by Gasteiger charge is -2.15. The third-order valence-electron chi connectivity index (χ3n) is 4.12. The highest BCUT2D eigenvalue weighted by Gasteiger charge is 2.25. The van der Waals surface area contributed by atoms with Crippen molar-refractivity contribution in [3.8, 4) is 0 Å². The van der Waals surface area contributed by atoms with E-state index < -0.39 is 33.2 Å². The minimum absolute atomic E-state index is 0. The van der Waals surface area contributed by atoms with Crippen LogP contribution in [-0.4, -0.2) is 37.4 Å². The summed E-state index contributed by atoms with van der Waals surface area (Å²) in [6.07, 6.45) is 1.75. The van der Waals surface area contributed by atoms with Gasteiger partial charge in [-0.2, -0.15) is 0 Å². The summed E-state index contributed by atoms with van der Waals surface area (Å²) >= 11 is 0. The highest BCUT2D eigenvalue weighted by atomic mass is 16.6. The van der Waals surface area contributed by atoms with E-state index >= 15 is 0 Å². The topological polar surface area (TPSA) is 183 Å². The molecule has 28 heavy (non-hydrogen) atoms. The number of nitrogens with one attached hydrogen (secondary N) is 2. The Morgan fingerprint density at radius 3 is 2.50 bits per heavy atom. The molecule has 1 unspecified atom stereocenters. The van der Waals surface area contributed by atoms with E-state index in [-0.39, 0.29) is 17.6 Å². The molecule has 0 aliphatic carbocycles. The van der Waals surface area contributed by atoms with E-state index in [0.717, 1.165) is 34.7 Å². The van der Waals surface area contributed by atoms with Gasteiger partial charge >= 0.3 is 5.97 Å². The van der Waals surface area contributed by atoms with E-state index in [9.17, 15) is 30.1 Å². The van der Waals surface area contributed by atoms with Crippen LogP contribution in [0.5, 0.6) is 0 Å².